The van der Waals surface area contributed by atoms with Crippen molar-refractivity contribution in [3.8, 4) is 0 Å². The van der Waals surface area contributed by atoms with Crippen molar-refractivity contribution in [1.82, 2.24) is 20.0 Å². The van der Waals surface area contributed by atoms with Crippen LogP contribution in [0.15, 0.2) is 27.8 Å². The molecule has 8 heteroatoms. The Morgan fingerprint density at radius 3 is 2.37 bits per heavy atom. The van der Waals surface area contributed by atoms with Crippen LogP contribution in [0, 0.1) is 0 Å². The first-order valence-corrected chi connectivity index (χ1v) is 9.51. The average molecular weight is 489 g/mol. The molecule has 1 aliphatic carbocycles. The lowest BCUT2D eigenvalue weighted by Crippen LogP contribution is -2.57. The number of carbonyl (C=O) groups excluding carboxylic acids is 1. The van der Waals surface area contributed by atoms with Gasteiger partial charge in [0.25, 0.3) is 5.91 Å². The molecule has 7 nitrogen and oxygen atoms in total. The van der Waals surface area contributed by atoms with Gasteiger partial charge in [0.2, 0.25) is 0 Å². The molecule has 0 spiro atoms. The minimum Gasteiger partial charge on any atom is -0.459 e. The van der Waals surface area contributed by atoms with E-state index in [0.717, 1.165) is 25.6 Å². The molecule has 0 aromatic carbocycles. The zero-order chi connectivity index (χ0) is 18.6. The maximum Gasteiger partial charge on any atom is 0.289 e. The summed E-state index contributed by atoms with van der Waals surface area (Å²) in [7, 11) is 6.18. The predicted octanol–water partition coefficient (Wildman–Crippen LogP) is 2.11. The highest BCUT2D eigenvalue weighted by Gasteiger charge is 2.36. The van der Waals surface area contributed by atoms with E-state index in [2.05, 4.69) is 34.2 Å². The Balaban J connectivity index is 0.00000261. The zero-order valence-corrected chi connectivity index (χ0v) is 18.9. The summed E-state index contributed by atoms with van der Waals surface area (Å²) in [5, 5.41) is 3.59. The van der Waals surface area contributed by atoms with Crippen molar-refractivity contribution in [2.45, 2.75) is 31.2 Å². The van der Waals surface area contributed by atoms with Crippen molar-refractivity contribution in [1.29, 1.82) is 0 Å². The Morgan fingerprint density at radius 2 is 1.85 bits per heavy atom. The van der Waals surface area contributed by atoms with Crippen LogP contribution >= 0.6 is 24.0 Å². The second kappa shape index (κ2) is 9.77. The van der Waals surface area contributed by atoms with Crippen LogP contribution in [-0.2, 0) is 0 Å². The second-order valence-electron chi connectivity index (χ2n) is 7.48. The van der Waals surface area contributed by atoms with Crippen LogP contribution in [0.4, 0.5) is 0 Å². The Labute approximate surface area is 179 Å². The van der Waals surface area contributed by atoms with E-state index in [9.17, 15) is 4.79 Å². The van der Waals surface area contributed by atoms with Crippen LogP contribution in [0.1, 0.15) is 36.2 Å². The number of guanidine groups is 1. The molecule has 1 aromatic heterocycles. The third-order valence-corrected chi connectivity index (χ3v) is 5.87. The molecule has 1 aliphatic heterocycles. The highest BCUT2D eigenvalue weighted by Crippen LogP contribution is 2.33. The number of nitrogens with one attached hydrogen (secondary N) is 1. The van der Waals surface area contributed by atoms with Crippen LogP contribution in [0.3, 0.4) is 0 Å². The molecular weight excluding hydrogens is 457 g/mol. The zero-order valence-electron chi connectivity index (χ0n) is 16.6. The Hall–Kier alpha value is -1.29. The van der Waals surface area contributed by atoms with E-state index in [4.69, 9.17) is 4.42 Å². The second-order valence-corrected chi connectivity index (χ2v) is 7.48. The number of amides is 1. The van der Waals surface area contributed by atoms with E-state index < -0.39 is 0 Å². The maximum absolute atomic E-state index is 12.4. The first-order chi connectivity index (χ1) is 12.6. The quantitative estimate of drug-likeness (QED) is 0.399. The van der Waals surface area contributed by atoms with Crippen molar-refractivity contribution < 1.29 is 9.21 Å². The molecule has 1 saturated carbocycles. The van der Waals surface area contributed by atoms with Crippen LogP contribution in [-0.4, -0.2) is 86.0 Å². The van der Waals surface area contributed by atoms with Gasteiger partial charge in [-0.25, -0.2) is 0 Å². The number of furan rings is 1. The van der Waals surface area contributed by atoms with Crippen molar-refractivity contribution in [2.75, 3.05) is 53.9 Å². The first kappa shape index (κ1) is 22.0. The molecule has 0 atom stereocenters. The van der Waals surface area contributed by atoms with Crippen molar-refractivity contribution in [3.05, 3.63) is 24.2 Å². The van der Waals surface area contributed by atoms with E-state index in [0.29, 0.717) is 18.8 Å². The van der Waals surface area contributed by atoms with Gasteiger partial charge in [0, 0.05) is 45.3 Å². The van der Waals surface area contributed by atoms with Crippen LogP contribution in [0.2, 0.25) is 0 Å². The summed E-state index contributed by atoms with van der Waals surface area (Å²) in [5.74, 6) is 1.31. The fourth-order valence-corrected chi connectivity index (χ4v) is 4.07. The summed E-state index contributed by atoms with van der Waals surface area (Å²) >= 11 is 0. The number of carbonyl (C=O) groups is 1. The van der Waals surface area contributed by atoms with Gasteiger partial charge in [-0.1, -0.05) is 12.8 Å². The molecule has 1 amide bonds. The number of aliphatic imine (C=N–C) groups is 1. The predicted molar refractivity (Wildman–Crippen MR) is 118 cm³/mol. The van der Waals surface area contributed by atoms with Gasteiger partial charge >= 0.3 is 0 Å². The molecule has 152 valence electrons. The molecule has 1 N–H and O–H groups in total. The molecule has 1 saturated heterocycles. The van der Waals surface area contributed by atoms with E-state index in [-0.39, 0.29) is 35.4 Å². The first-order valence-electron chi connectivity index (χ1n) is 9.51. The number of likely N-dealkylation sites (N-methyl/N-ethyl adjacent to an activating group) is 1. The maximum atomic E-state index is 12.4. The Kier molecular flexibility index (Phi) is 7.96. The number of rotatable bonds is 4. The summed E-state index contributed by atoms with van der Waals surface area (Å²) < 4.78 is 5.23. The van der Waals surface area contributed by atoms with E-state index >= 15 is 0 Å². The molecule has 2 fully saturated rings. The highest BCUT2D eigenvalue weighted by atomic mass is 127. The van der Waals surface area contributed by atoms with Crippen LogP contribution < -0.4 is 5.32 Å². The van der Waals surface area contributed by atoms with Crippen LogP contribution in [0.25, 0.3) is 0 Å². The topological polar surface area (TPSA) is 64.3 Å². The van der Waals surface area contributed by atoms with Gasteiger partial charge in [-0.15, -0.1) is 24.0 Å². The number of nitrogens with zero attached hydrogens (tertiary/aromatic N) is 4. The molecule has 0 bridgehead atoms. The number of piperazine rings is 1. The normalized spacial score (nSPS) is 19.9. The van der Waals surface area contributed by atoms with Gasteiger partial charge in [-0.2, -0.15) is 0 Å². The summed E-state index contributed by atoms with van der Waals surface area (Å²) in [5.41, 5.74) is 0.229. The van der Waals surface area contributed by atoms with Crippen LogP contribution in [0.5, 0.6) is 0 Å². The molecular formula is C19H32IN5O2. The minimum atomic E-state index is -0.0323. The third kappa shape index (κ3) is 4.96. The third-order valence-electron chi connectivity index (χ3n) is 5.87. The molecule has 0 radical (unpaired) electrons. The Morgan fingerprint density at radius 1 is 1.22 bits per heavy atom. The van der Waals surface area contributed by atoms with Crippen molar-refractivity contribution in [3.63, 3.8) is 0 Å². The minimum absolute atomic E-state index is 0. The lowest BCUT2D eigenvalue weighted by molar-refractivity contribution is 0.0656. The molecule has 2 aliphatic rings. The standard InChI is InChI=1S/C19H31N5O2.HI/c1-20-18(21-15-19(22(2)3)8-4-5-9-19)24-12-10-23(11-13-24)17(25)16-7-6-14-26-16;/h6-7,14H,4-5,8-13,15H2,1-3H3,(H,20,21);1H. The van der Waals surface area contributed by atoms with E-state index in [1.54, 1.807) is 18.4 Å². The fourth-order valence-electron chi connectivity index (χ4n) is 4.07. The van der Waals surface area contributed by atoms with Gasteiger partial charge in [-0.3, -0.25) is 9.79 Å². The fraction of sp³-hybridized carbons (Fsp3) is 0.684. The molecule has 27 heavy (non-hydrogen) atoms. The molecule has 2 heterocycles. The van der Waals surface area contributed by atoms with Crippen molar-refractivity contribution in [2.24, 2.45) is 4.99 Å². The summed E-state index contributed by atoms with van der Waals surface area (Å²) in [6.07, 6.45) is 6.60. The SMILES string of the molecule is CN=C(NCC1(N(C)C)CCCC1)N1CCN(C(=O)c2ccco2)CC1.I. The largest absolute Gasteiger partial charge is 0.459 e. The van der Waals surface area contributed by atoms with E-state index in [1.807, 2.05) is 11.9 Å². The van der Waals surface area contributed by atoms with E-state index in [1.165, 1.54) is 25.7 Å². The number of hydrogen-bond donors (Lipinski definition) is 1. The Bertz CT molecular complexity index is 618. The summed E-state index contributed by atoms with van der Waals surface area (Å²) in [4.78, 5) is 23.3. The molecule has 3 rings (SSSR count). The van der Waals surface area contributed by atoms with Crippen molar-refractivity contribution >= 4 is 35.8 Å². The van der Waals surface area contributed by atoms with Gasteiger partial charge in [0.05, 0.1) is 6.26 Å². The summed E-state index contributed by atoms with van der Waals surface area (Å²) in [6.45, 7) is 3.83. The average Bonchev–Trinajstić information content (AvgIpc) is 3.35. The lowest BCUT2D eigenvalue weighted by Gasteiger charge is -2.40. The smallest absolute Gasteiger partial charge is 0.289 e. The highest BCUT2D eigenvalue weighted by molar-refractivity contribution is 14.0. The molecule has 0 unspecified atom stereocenters. The lowest BCUT2D eigenvalue weighted by atomic mass is 9.96. The van der Waals surface area contributed by atoms with Gasteiger partial charge < -0.3 is 24.4 Å². The van der Waals surface area contributed by atoms with Gasteiger partial charge in [0.1, 0.15) is 0 Å². The summed E-state index contributed by atoms with van der Waals surface area (Å²) in [6, 6.07) is 3.47. The van der Waals surface area contributed by atoms with Gasteiger partial charge in [-0.05, 0) is 39.1 Å². The van der Waals surface area contributed by atoms with Gasteiger partial charge in [0.15, 0.2) is 11.7 Å². The molecule has 1 aromatic rings. The monoisotopic (exact) mass is 489 g/mol. The number of hydrogen-bond acceptors (Lipinski definition) is 4. The number of halogens is 1.